The molecule has 1 atom stereocenters. The van der Waals surface area contributed by atoms with Gasteiger partial charge in [0.15, 0.2) is 0 Å². The summed E-state index contributed by atoms with van der Waals surface area (Å²) in [7, 11) is 1.67. The fourth-order valence-corrected chi connectivity index (χ4v) is 2.75. The highest BCUT2D eigenvalue weighted by Crippen LogP contribution is 2.44. The van der Waals surface area contributed by atoms with Crippen LogP contribution < -0.4 is 9.96 Å². The molecule has 0 fully saturated rings. The Hall–Kier alpha value is -2.04. The van der Waals surface area contributed by atoms with Crippen LogP contribution in [0, 0.1) is 0 Å². The summed E-state index contributed by atoms with van der Waals surface area (Å²) in [5, 5.41) is 11.2. The highest BCUT2D eigenvalue weighted by Gasteiger charge is 2.34. The summed E-state index contributed by atoms with van der Waals surface area (Å²) < 4.78 is 0. The van der Waals surface area contributed by atoms with Crippen molar-refractivity contribution < 1.29 is 9.94 Å². The summed E-state index contributed by atoms with van der Waals surface area (Å²) in [6.45, 7) is 2.12. The van der Waals surface area contributed by atoms with Gasteiger partial charge in [0.1, 0.15) is 6.17 Å². The van der Waals surface area contributed by atoms with Crippen molar-refractivity contribution >= 4 is 17.1 Å². The minimum absolute atomic E-state index is 0.0323. The molecule has 1 unspecified atom stereocenters. The van der Waals surface area contributed by atoms with Crippen LogP contribution in [0.5, 0.6) is 0 Å². The molecule has 3 rings (SSSR count). The molecule has 0 spiro atoms. The van der Waals surface area contributed by atoms with Crippen LogP contribution >= 0.6 is 0 Å². The number of rotatable bonds is 3. The molecule has 20 heavy (non-hydrogen) atoms. The molecule has 0 bridgehead atoms. The molecule has 104 valence electrons. The van der Waals surface area contributed by atoms with Crippen LogP contribution in [0.1, 0.15) is 12.5 Å². The first-order valence-corrected chi connectivity index (χ1v) is 6.67. The number of nitrogens with zero attached hydrogens (tertiary/aromatic N) is 2. The number of aliphatic hydroxyl groups is 1. The quantitative estimate of drug-likeness (QED) is 0.930. The minimum Gasteiger partial charge on any atom is -0.392 e. The number of fused-ring (bicyclic) bond motifs is 1. The van der Waals surface area contributed by atoms with Gasteiger partial charge in [-0.3, -0.25) is 4.84 Å². The standard InChI is InChI=1S/C16H18N2O2/c1-12-17(14-6-4-3-5-7-14)15-9-8-13(11-19)10-16(15)18(12)20-2/h3-10,12,19H,11H2,1-2H3. The lowest BCUT2D eigenvalue weighted by molar-refractivity contribution is 0.152. The summed E-state index contributed by atoms with van der Waals surface area (Å²) in [5.41, 5.74) is 4.07. The third-order valence-corrected chi connectivity index (χ3v) is 3.66. The van der Waals surface area contributed by atoms with Gasteiger partial charge >= 0.3 is 0 Å². The first-order chi connectivity index (χ1) is 9.76. The topological polar surface area (TPSA) is 35.9 Å². The van der Waals surface area contributed by atoms with Crippen LogP contribution in [0.4, 0.5) is 17.1 Å². The summed E-state index contributed by atoms with van der Waals surface area (Å²) in [6.07, 6.45) is 0.0614. The number of para-hydroxylation sites is 1. The van der Waals surface area contributed by atoms with Gasteiger partial charge < -0.3 is 10.0 Å². The predicted octanol–water partition coefficient (Wildman–Crippen LogP) is 3.04. The Bertz CT molecular complexity index is 601. The number of hydrogen-bond acceptors (Lipinski definition) is 4. The summed E-state index contributed by atoms with van der Waals surface area (Å²) in [5.74, 6) is 0. The minimum atomic E-state index is 0.0323. The van der Waals surface area contributed by atoms with E-state index in [1.165, 1.54) is 0 Å². The van der Waals surface area contributed by atoms with Gasteiger partial charge in [-0.2, -0.15) is 0 Å². The van der Waals surface area contributed by atoms with Gasteiger partial charge in [-0.15, -0.1) is 0 Å². The van der Waals surface area contributed by atoms with E-state index in [1.54, 1.807) is 7.11 Å². The fourth-order valence-electron chi connectivity index (χ4n) is 2.75. The average molecular weight is 270 g/mol. The molecule has 2 aromatic carbocycles. The molecule has 0 saturated carbocycles. The Morgan fingerprint density at radius 3 is 2.50 bits per heavy atom. The number of hydrogen-bond donors (Lipinski definition) is 1. The van der Waals surface area contributed by atoms with Crippen molar-refractivity contribution in [3.63, 3.8) is 0 Å². The third kappa shape index (κ3) is 1.94. The maximum atomic E-state index is 9.30. The van der Waals surface area contributed by atoms with Crippen molar-refractivity contribution in [3.05, 3.63) is 54.1 Å². The zero-order valence-electron chi connectivity index (χ0n) is 11.7. The third-order valence-electron chi connectivity index (χ3n) is 3.66. The summed E-state index contributed by atoms with van der Waals surface area (Å²) in [4.78, 5) is 7.73. The normalized spacial score (nSPS) is 17.4. The van der Waals surface area contributed by atoms with Gasteiger partial charge in [0.25, 0.3) is 0 Å². The maximum absolute atomic E-state index is 9.30. The van der Waals surface area contributed by atoms with Gasteiger partial charge in [-0.1, -0.05) is 24.3 Å². The van der Waals surface area contributed by atoms with Crippen LogP contribution in [-0.2, 0) is 11.4 Å². The van der Waals surface area contributed by atoms with E-state index >= 15 is 0 Å². The molecule has 0 radical (unpaired) electrons. The molecule has 1 heterocycles. The zero-order chi connectivity index (χ0) is 14.1. The van der Waals surface area contributed by atoms with Gasteiger partial charge in [-0.25, -0.2) is 5.06 Å². The highest BCUT2D eigenvalue weighted by atomic mass is 16.7. The molecule has 4 heteroatoms. The lowest BCUT2D eigenvalue weighted by Crippen LogP contribution is -2.37. The largest absolute Gasteiger partial charge is 0.392 e. The van der Waals surface area contributed by atoms with Crippen molar-refractivity contribution in [2.75, 3.05) is 17.1 Å². The van der Waals surface area contributed by atoms with Gasteiger partial charge in [0, 0.05) is 5.69 Å². The molecule has 4 nitrogen and oxygen atoms in total. The Balaban J connectivity index is 2.11. The predicted molar refractivity (Wildman–Crippen MR) is 79.9 cm³/mol. The molecule has 0 aliphatic carbocycles. The van der Waals surface area contributed by atoms with Gasteiger partial charge in [0.05, 0.1) is 25.1 Å². The van der Waals surface area contributed by atoms with Gasteiger partial charge in [0.2, 0.25) is 0 Å². The molecule has 1 N–H and O–H groups in total. The van der Waals surface area contributed by atoms with Crippen molar-refractivity contribution in [1.29, 1.82) is 0 Å². The highest BCUT2D eigenvalue weighted by molar-refractivity contribution is 5.83. The van der Waals surface area contributed by atoms with E-state index in [2.05, 4.69) is 24.0 Å². The van der Waals surface area contributed by atoms with E-state index in [1.807, 2.05) is 41.5 Å². The van der Waals surface area contributed by atoms with E-state index < -0.39 is 0 Å². The first-order valence-electron chi connectivity index (χ1n) is 6.67. The van der Waals surface area contributed by atoms with Crippen molar-refractivity contribution in [2.45, 2.75) is 19.7 Å². The van der Waals surface area contributed by atoms with Crippen molar-refractivity contribution in [2.24, 2.45) is 0 Å². The summed E-state index contributed by atoms with van der Waals surface area (Å²) >= 11 is 0. The van der Waals surface area contributed by atoms with E-state index in [0.29, 0.717) is 0 Å². The second-order valence-electron chi connectivity index (χ2n) is 4.83. The smallest absolute Gasteiger partial charge is 0.129 e. The van der Waals surface area contributed by atoms with Crippen LogP contribution in [0.25, 0.3) is 0 Å². The van der Waals surface area contributed by atoms with Crippen LogP contribution in [0.3, 0.4) is 0 Å². The lowest BCUT2D eigenvalue weighted by Gasteiger charge is -2.28. The monoisotopic (exact) mass is 270 g/mol. The molecule has 0 saturated heterocycles. The Kier molecular flexibility index (Phi) is 3.34. The molecule has 0 amide bonds. The lowest BCUT2D eigenvalue weighted by atomic mass is 10.1. The Morgan fingerprint density at radius 2 is 1.85 bits per heavy atom. The zero-order valence-corrected chi connectivity index (χ0v) is 11.7. The first kappa shape index (κ1) is 13.0. The van der Waals surface area contributed by atoms with Crippen LogP contribution in [0.15, 0.2) is 48.5 Å². The van der Waals surface area contributed by atoms with E-state index in [-0.39, 0.29) is 12.8 Å². The number of benzene rings is 2. The van der Waals surface area contributed by atoms with E-state index in [4.69, 9.17) is 4.84 Å². The van der Waals surface area contributed by atoms with Crippen molar-refractivity contribution in [1.82, 2.24) is 0 Å². The molecule has 2 aromatic rings. The van der Waals surface area contributed by atoms with Crippen LogP contribution in [-0.4, -0.2) is 18.4 Å². The fraction of sp³-hybridized carbons (Fsp3) is 0.250. The van der Waals surface area contributed by atoms with Crippen molar-refractivity contribution in [3.8, 4) is 0 Å². The average Bonchev–Trinajstić information content (AvgIpc) is 2.78. The second kappa shape index (κ2) is 5.15. The van der Waals surface area contributed by atoms with Crippen LogP contribution in [0.2, 0.25) is 0 Å². The molecular formula is C16H18N2O2. The van der Waals surface area contributed by atoms with Gasteiger partial charge in [-0.05, 0) is 36.8 Å². The molecule has 1 aliphatic rings. The molecule has 0 aromatic heterocycles. The number of hydroxylamine groups is 1. The Labute approximate surface area is 118 Å². The number of aliphatic hydroxyl groups excluding tert-OH is 1. The summed E-state index contributed by atoms with van der Waals surface area (Å²) in [6, 6.07) is 16.2. The van der Waals surface area contributed by atoms with E-state index in [9.17, 15) is 5.11 Å². The Morgan fingerprint density at radius 1 is 1.10 bits per heavy atom. The second-order valence-corrected chi connectivity index (χ2v) is 4.83. The molecular weight excluding hydrogens is 252 g/mol. The SMILES string of the molecule is CON1c2cc(CO)ccc2N(c2ccccc2)C1C. The maximum Gasteiger partial charge on any atom is 0.129 e. The molecule has 1 aliphatic heterocycles. The number of anilines is 3. The van der Waals surface area contributed by atoms with E-state index in [0.717, 1.165) is 22.6 Å².